The van der Waals surface area contributed by atoms with Crippen LogP contribution in [-0.4, -0.2) is 9.78 Å². The predicted molar refractivity (Wildman–Crippen MR) is 65.9 cm³/mol. The Hall–Kier alpha value is -1.68. The summed E-state index contributed by atoms with van der Waals surface area (Å²) >= 11 is 0. The molecule has 2 N–H and O–H groups in total. The number of hydrogen-bond acceptors (Lipinski definition) is 2. The second-order valence-electron chi connectivity index (χ2n) is 4.27. The third-order valence-corrected chi connectivity index (χ3v) is 2.68. The average molecular weight is 233 g/mol. The van der Waals surface area contributed by atoms with Gasteiger partial charge in [-0.2, -0.15) is 5.10 Å². The first-order chi connectivity index (χ1) is 8.13. The summed E-state index contributed by atoms with van der Waals surface area (Å²) in [5, 5.41) is 4.31. The summed E-state index contributed by atoms with van der Waals surface area (Å²) in [5.41, 5.74) is 8.35. The highest BCUT2D eigenvalue weighted by atomic mass is 19.1. The van der Waals surface area contributed by atoms with Crippen LogP contribution in [0.1, 0.15) is 25.5 Å². The highest BCUT2D eigenvalue weighted by molar-refractivity contribution is 5.63. The molecule has 1 aromatic carbocycles. The first kappa shape index (κ1) is 11.8. The molecule has 0 amide bonds. The number of benzene rings is 1. The van der Waals surface area contributed by atoms with E-state index in [0.717, 1.165) is 16.8 Å². The lowest BCUT2D eigenvalue weighted by Crippen LogP contribution is -2.06. The summed E-state index contributed by atoms with van der Waals surface area (Å²) in [6.07, 6.45) is 1.75. The minimum atomic E-state index is -0.248. The van der Waals surface area contributed by atoms with Crippen LogP contribution < -0.4 is 5.73 Å². The van der Waals surface area contributed by atoms with Crippen LogP contribution in [0.15, 0.2) is 30.5 Å². The normalized spacial score (nSPS) is 11.1. The molecule has 2 aromatic rings. The van der Waals surface area contributed by atoms with Gasteiger partial charge in [-0.05, 0) is 26.0 Å². The highest BCUT2D eigenvalue weighted by Crippen LogP contribution is 2.26. The molecule has 4 heteroatoms. The van der Waals surface area contributed by atoms with Crippen LogP contribution in [0.5, 0.6) is 0 Å². The SMILES string of the molecule is CC(C)n1ncc(CN)c1-c1cccc(F)c1. The van der Waals surface area contributed by atoms with E-state index in [1.54, 1.807) is 12.3 Å². The molecule has 0 radical (unpaired) electrons. The van der Waals surface area contributed by atoms with Crippen molar-refractivity contribution in [3.05, 3.63) is 41.8 Å². The number of nitrogens with two attached hydrogens (primary N) is 1. The van der Waals surface area contributed by atoms with Gasteiger partial charge in [0.2, 0.25) is 0 Å². The van der Waals surface area contributed by atoms with Crippen molar-refractivity contribution < 1.29 is 4.39 Å². The molecule has 90 valence electrons. The fourth-order valence-electron chi connectivity index (χ4n) is 1.89. The Morgan fingerprint density at radius 3 is 2.76 bits per heavy atom. The lowest BCUT2D eigenvalue weighted by Gasteiger charge is -2.12. The van der Waals surface area contributed by atoms with Crippen molar-refractivity contribution in [3.8, 4) is 11.3 Å². The summed E-state index contributed by atoms with van der Waals surface area (Å²) < 4.78 is 15.1. The molecule has 0 saturated carbocycles. The molecule has 3 nitrogen and oxygen atoms in total. The number of hydrogen-bond donors (Lipinski definition) is 1. The zero-order chi connectivity index (χ0) is 12.4. The molecule has 0 aliphatic heterocycles. The summed E-state index contributed by atoms with van der Waals surface area (Å²) in [6, 6.07) is 6.73. The zero-order valence-corrected chi connectivity index (χ0v) is 10.0. The fraction of sp³-hybridized carbons (Fsp3) is 0.308. The average Bonchev–Trinajstić information content (AvgIpc) is 2.72. The van der Waals surface area contributed by atoms with E-state index in [0.29, 0.717) is 6.54 Å². The molecule has 17 heavy (non-hydrogen) atoms. The van der Waals surface area contributed by atoms with Crippen LogP contribution >= 0.6 is 0 Å². The van der Waals surface area contributed by atoms with Gasteiger partial charge in [-0.1, -0.05) is 12.1 Å². The van der Waals surface area contributed by atoms with Gasteiger partial charge in [0.15, 0.2) is 0 Å². The second-order valence-corrected chi connectivity index (χ2v) is 4.27. The van der Waals surface area contributed by atoms with E-state index in [2.05, 4.69) is 5.10 Å². The largest absolute Gasteiger partial charge is 0.326 e. The maximum absolute atomic E-state index is 13.3. The Balaban J connectivity index is 2.60. The third kappa shape index (κ3) is 2.22. The summed E-state index contributed by atoms with van der Waals surface area (Å²) in [7, 11) is 0. The van der Waals surface area contributed by atoms with E-state index >= 15 is 0 Å². The van der Waals surface area contributed by atoms with Gasteiger partial charge in [-0.15, -0.1) is 0 Å². The Bertz CT molecular complexity index is 517. The minimum absolute atomic E-state index is 0.216. The van der Waals surface area contributed by atoms with E-state index in [4.69, 9.17) is 5.73 Å². The van der Waals surface area contributed by atoms with Gasteiger partial charge in [0, 0.05) is 23.7 Å². The molecule has 0 aliphatic rings. The van der Waals surface area contributed by atoms with E-state index in [9.17, 15) is 4.39 Å². The van der Waals surface area contributed by atoms with Gasteiger partial charge in [0.25, 0.3) is 0 Å². The maximum Gasteiger partial charge on any atom is 0.123 e. The Morgan fingerprint density at radius 1 is 1.41 bits per heavy atom. The van der Waals surface area contributed by atoms with Crippen molar-refractivity contribution in [2.75, 3.05) is 0 Å². The summed E-state index contributed by atoms with van der Waals surface area (Å²) in [6.45, 7) is 4.48. The summed E-state index contributed by atoms with van der Waals surface area (Å²) in [4.78, 5) is 0. The molecule has 0 fully saturated rings. The molecule has 0 spiro atoms. The topological polar surface area (TPSA) is 43.8 Å². The van der Waals surface area contributed by atoms with Crippen LogP contribution in [0.3, 0.4) is 0 Å². The quantitative estimate of drug-likeness (QED) is 0.885. The van der Waals surface area contributed by atoms with Gasteiger partial charge >= 0.3 is 0 Å². The standard InChI is InChI=1S/C13H16FN3/c1-9(2)17-13(11(7-15)8-16-17)10-4-3-5-12(14)6-10/h3-6,8-9H,7,15H2,1-2H3. The molecule has 0 unspecified atom stereocenters. The van der Waals surface area contributed by atoms with Crippen LogP contribution in [0.4, 0.5) is 4.39 Å². The number of halogens is 1. The van der Waals surface area contributed by atoms with E-state index in [-0.39, 0.29) is 11.9 Å². The molecule has 0 bridgehead atoms. The molecular formula is C13H16FN3. The van der Waals surface area contributed by atoms with Crippen LogP contribution in [-0.2, 0) is 6.54 Å². The van der Waals surface area contributed by atoms with Gasteiger partial charge in [0.1, 0.15) is 5.82 Å². The van der Waals surface area contributed by atoms with Crippen molar-refractivity contribution >= 4 is 0 Å². The molecule has 1 heterocycles. The summed E-state index contributed by atoms with van der Waals surface area (Å²) in [5.74, 6) is -0.248. The third-order valence-electron chi connectivity index (χ3n) is 2.68. The monoisotopic (exact) mass is 233 g/mol. The molecule has 0 aliphatic carbocycles. The Kier molecular flexibility index (Phi) is 3.24. The van der Waals surface area contributed by atoms with Crippen molar-refractivity contribution in [2.24, 2.45) is 5.73 Å². The second kappa shape index (κ2) is 4.67. The predicted octanol–water partition coefficient (Wildman–Crippen LogP) is 2.73. The molecule has 2 rings (SSSR count). The van der Waals surface area contributed by atoms with E-state index in [1.165, 1.54) is 12.1 Å². The van der Waals surface area contributed by atoms with E-state index in [1.807, 2.05) is 24.6 Å². The van der Waals surface area contributed by atoms with Crippen molar-refractivity contribution in [1.82, 2.24) is 9.78 Å². The van der Waals surface area contributed by atoms with Gasteiger partial charge in [0.05, 0.1) is 11.9 Å². The van der Waals surface area contributed by atoms with Gasteiger partial charge < -0.3 is 5.73 Å². The first-order valence-corrected chi connectivity index (χ1v) is 5.66. The maximum atomic E-state index is 13.3. The van der Waals surface area contributed by atoms with Crippen LogP contribution in [0, 0.1) is 5.82 Å². The number of aromatic nitrogens is 2. The zero-order valence-electron chi connectivity index (χ0n) is 10.0. The van der Waals surface area contributed by atoms with Crippen molar-refractivity contribution in [1.29, 1.82) is 0 Å². The Morgan fingerprint density at radius 2 is 2.18 bits per heavy atom. The smallest absolute Gasteiger partial charge is 0.123 e. The Labute approximate surface area is 100 Å². The van der Waals surface area contributed by atoms with Crippen LogP contribution in [0.2, 0.25) is 0 Å². The van der Waals surface area contributed by atoms with Crippen molar-refractivity contribution in [3.63, 3.8) is 0 Å². The fourth-order valence-corrected chi connectivity index (χ4v) is 1.89. The molecule has 1 aromatic heterocycles. The minimum Gasteiger partial charge on any atom is -0.326 e. The molecule has 0 saturated heterocycles. The first-order valence-electron chi connectivity index (χ1n) is 5.66. The number of rotatable bonds is 3. The van der Waals surface area contributed by atoms with Crippen molar-refractivity contribution in [2.45, 2.75) is 26.4 Å². The number of nitrogens with zero attached hydrogens (tertiary/aromatic N) is 2. The lowest BCUT2D eigenvalue weighted by atomic mass is 10.1. The highest BCUT2D eigenvalue weighted by Gasteiger charge is 2.14. The molecule has 0 atom stereocenters. The van der Waals surface area contributed by atoms with Gasteiger partial charge in [-0.25, -0.2) is 4.39 Å². The molecular weight excluding hydrogens is 217 g/mol. The van der Waals surface area contributed by atoms with Crippen LogP contribution in [0.25, 0.3) is 11.3 Å². The van der Waals surface area contributed by atoms with Gasteiger partial charge in [-0.3, -0.25) is 4.68 Å². The lowest BCUT2D eigenvalue weighted by molar-refractivity contribution is 0.538. The van der Waals surface area contributed by atoms with E-state index < -0.39 is 0 Å².